The molecule has 1 saturated carbocycles. The van der Waals surface area contributed by atoms with Gasteiger partial charge in [0.05, 0.1) is 0 Å². The van der Waals surface area contributed by atoms with E-state index in [1.807, 2.05) is 12.4 Å². The second kappa shape index (κ2) is 2.94. The Kier molecular flexibility index (Phi) is 1.73. The van der Waals surface area contributed by atoms with Gasteiger partial charge in [0.25, 0.3) is 0 Å². The minimum Gasteiger partial charge on any atom is -0.265 e. The second-order valence-corrected chi connectivity index (χ2v) is 4.63. The summed E-state index contributed by atoms with van der Waals surface area (Å²) < 4.78 is 0. The lowest BCUT2D eigenvalue weighted by Gasteiger charge is -2.20. The van der Waals surface area contributed by atoms with E-state index < -0.39 is 0 Å². The molecule has 3 unspecified atom stereocenters. The van der Waals surface area contributed by atoms with Crippen LogP contribution >= 0.6 is 0 Å². The van der Waals surface area contributed by atoms with Crippen molar-refractivity contribution >= 4 is 0 Å². The summed E-state index contributed by atoms with van der Waals surface area (Å²) in [7, 11) is 0. The Morgan fingerprint density at radius 2 is 2.00 bits per heavy atom. The van der Waals surface area contributed by atoms with E-state index in [0.717, 1.165) is 17.8 Å². The van der Waals surface area contributed by atoms with Crippen molar-refractivity contribution in [3.63, 3.8) is 0 Å². The molecule has 0 radical (unpaired) electrons. The first-order valence-electron chi connectivity index (χ1n) is 5.43. The van der Waals surface area contributed by atoms with Crippen LogP contribution in [0.4, 0.5) is 0 Å². The van der Waals surface area contributed by atoms with Crippen LogP contribution in [0.15, 0.2) is 36.2 Å². The van der Waals surface area contributed by atoms with E-state index in [1.54, 1.807) is 5.57 Å². The number of aromatic nitrogens is 1. The summed E-state index contributed by atoms with van der Waals surface area (Å²) in [5, 5.41) is 0. The van der Waals surface area contributed by atoms with Crippen LogP contribution in [0.1, 0.15) is 31.2 Å². The van der Waals surface area contributed by atoms with Crippen LogP contribution in [0.25, 0.3) is 0 Å². The second-order valence-electron chi connectivity index (χ2n) is 4.63. The number of hydrogen-bond acceptors (Lipinski definition) is 1. The first-order chi connectivity index (χ1) is 6.84. The van der Waals surface area contributed by atoms with Crippen LogP contribution in [0.3, 0.4) is 0 Å². The van der Waals surface area contributed by atoms with Crippen LogP contribution in [0.5, 0.6) is 0 Å². The molecular weight excluding hydrogens is 170 g/mol. The summed E-state index contributed by atoms with van der Waals surface area (Å²) in [6.45, 7) is 2.29. The van der Waals surface area contributed by atoms with Crippen molar-refractivity contribution < 1.29 is 0 Å². The highest BCUT2D eigenvalue weighted by atomic mass is 14.6. The highest BCUT2D eigenvalue weighted by molar-refractivity contribution is 5.29. The fourth-order valence-electron chi connectivity index (χ4n) is 3.09. The van der Waals surface area contributed by atoms with Gasteiger partial charge in [0, 0.05) is 12.4 Å². The first-order valence-corrected chi connectivity index (χ1v) is 5.43. The lowest BCUT2D eigenvalue weighted by atomic mass is 9.85. The largest absolute Gasteiger partial charge is 0.265 e. The molecule has 0 N–H and O–H groups in total. The van der Waals surface area contributed by atoms with Gasteiger partial charge in [-0.25, -0.2) is 0 Å². The van der Waals surface area contributed by atoms with Gasteiger partial charge >= 0.3 is 0 Å². The highest BCUT2D eigenvalue weighted by Crippen LogP contribution is 2.51. The van der Waals surface area contributed by atoms with Crippen molar-refractivity contribution in [2.24, 2.45) is 11.8 Å². The summed E-state index contributed by atoms with van der Waals surface area (Å²) >= 11 is 0. The lowest BCUT2D eigenvalue weighted by molar-refractivity contribution is 0.575. The molecule has 0 saturated heterocycles. The van der Waals surface area contributed by atoms with E-state index in [4.69, 9.17) is 0 Å². The van der Waals surface area contributed by atoms with Gasteiger partial charge in [-0.1, -0.05) is 11.6 Å². The molecule has 14 heavy (non-hydrogen) atoms. The molecule has 1 fully saturated rings. The van der Waals surface area contributed by atoms with Crippen LogP contribution in [0.2, 0.25) is 0 Å². The van der Waals surface area contributed by atoms with Gasteiger partial charge in [0.2, 0.25) is 0 Å². The summed E-state index contributed by atoms with van der Waals surface area (Å²) in [5.41, 5.74) is 3.11. The number of nitrogens with zero attached hydrogens (tertiary/aromatic N) is 1. The molecule has 1 heterocycles. The van der Waals surface area contributed by atoms with Crippen molar-refractivity contribution in [2.75, 3.05) is 0 Å². The zero-order chi connectivity index (χ0) is 9.54. The summed E-state index contributed by atoms with van der Waals surface area (Å²) in [6, 6.07) is 4.35. The van der Waals surface area contributed by atoms with E-state index in [9.17, 15) is 0 Å². The number of rotatable bonds is 1. The van der Waals surface area contributed by atoms with E-state index in [1.165, 1.54) is 18.4 Å². The summed E-state index contributed by atoms with van der Waals surface area (Å²) in [4.78, 5) is 4.08. The maximum absolute atomic E-state index is 4.08. The maximum Gasteiger partial charge on any atom is 0.0270 e. The van der Waals surface area contributed by atoms with E-state index >= 15 is 0 Å². The van der Waals surface area contributed by atoms with Gasteiger partial charge in [-0.3, -0.25) is 4.98 Å². The molecule has 1 aromatic rings. The molecule has 0 aromatic carbocycles. The minimum absolute atomic E-state index is 0.770. The molecule has 2 bridgehead atoms. The molecule has 1 nitrogen and oxygen atoms in total. The Morgan fingerprint density at radius 1 is 1.21 bits per heavy atom. The predicted octanol–water partition coefficient (Wildman–Crippen LogP) is 3.15. The summed E-state index contributed by atoms with van der Waals surface area (Å²) in [5.74, 6) is 2.45. The van der Waals surface area contributed by atoms with E-state index in [2.05, 4.69) is 30.1 Å². The van der Waals surface area contributed by atoms with E-state index in [-0.39, 0.29) is 0 Å². The Morgan fingerprint density at radius 3 is 2.57 bits per heavy atom. The first kappa shape index (κ1) is 8.22. The van der Waals surface area contributed by atoms with Crippen molar-refractivity contribution in [3.8, 4) is 0 Å². The Labute approximate surface area is 84.9 Å². The van der Waals surface area contributed by atoms with Gasteiger partial charge in [-0.05, 0) is 55.2 Å². The van der Waals surface area contributed by atoms with Crippen molar-refractivity contribution in [2.45, 2.75) is 25.7 Å². The monoisotopic (exact) mass is 185 g/mol. The molecular formula is C13H15N. The molecule has 1 aromatic heterocycles. The molecule has 3 rings (SSSR count). The maximum atomic E-state index is 4.08. The third-order valence-corrected chi connectivity index (χ3v) is 3.87. The van der Waals surface area contributed by atoms with Gasteiger partial charge in [-0.2, -0.15) is 0 Å². The summed E-state index contributed by atoms with van der Waals surface area (Å²) in [6.07, 6.45) is 9.06. The smallest absolute Gasteiger partial charge is 0.0270 e. The number of fused-ring (bicyclic) bond motifs is 2. The fourth-order valence-corrected chi connectivity index (χ4v) is 3.09. The molecule has 72 valence electrons. The molecule has 0 aliphatic heterocycles. The Hall–Kier alpha value is -1.11. The van der Waals surface area contributed by atoms with Gasteiger partial charge in [0.1, 0.15) is 0 Å². The number of allylic oxidation sites excluding steroid dienone is 2. The average molecular weight is 185 g/mol. The molecule has 2 aliphatic rings. The van der Waals surface area contributed by atoms with Crippen LogP contribution in [-0.2, 0) is 0 Å². The zero-order valence-electron chi connectivity index (χ0n) is 8.48. The third kappa shape index (κ3) is 1.12. The quantitative estimate of drug-likeness (QED) is 0.612. The predicted molar refractivity (Wildman–Crippen MR) is 56.9 cm³/mol. The van der Waals surface area contributed by atoms with Crippen LogP contribution < -0.4 is 0 Å². The van der Waals surface area contributed by atoms with Gasteiger partial charge in [-0.15, -0.1) is 0 Å². The van der Waals surface area contributed by atoms with Gasteiger partial charge < -0.3 is 0 Å². The Bertz CT molecular complexity index is 366. The molecule has 3 atom stereocenters. The average Bonchev–Trinajstić information content (AvgIpc) is 2.77. The molecule has 1 heteroatoms. The van der Waals surface area contributed by atoms with Gasteiger partial charge in [0.15, 0.2) is 0 Å². The van der Waals surface area contributed by atoms with E-state index in [0.29, 0.717) is 0 Å². The van der Waals surface area contributed by atoms with Crippen molar-refractivity contribution in [1.82, 2.24) is 4.98 Å². The normalized spacial score (nSPS) is 34.6. The van der Waals surface area contributed by atoms with Crippen molar-refractivity contribution in [3.05, 3.63) is 41.7 Å². The lowest BCUT2D eigenvalue weighted by Crippen LogP contribution is -2.06. The van der Waals surface area contributed by atoms with Crippen molar-refractivity contribution in [1.29, 1.82) is 0 Å². The highest BCUT2D eigenvalue weighted by Gasteiger charge is 2.39. The SMILES string of the molecule is CC1=CC2CC1CC2c1ccncc1. The number of hydrogen-bond donors (Lipinski definition) is 0. The Balaban J connectivity index is 1.91. The topological polar surface area (TPSA) is 12.9 Å². The third-order valence-electron chi connectivity index (χ3n) is 3.87. The van der Waals surface area contributed by atoms with Crippen LogP contribution in [0, 0.1) is 11.8 Å². The molecule has 0 amide bonds. The van der Waals surface area contributed by atoms with Crippen LogP contribution in [-0.4, -0.2) is 4.98 Å². The molecule has 0 spiro atoms. The molecule has 2 aliphatic carbocycles. The minimum atomic E-state index is 0.770. The standard InChI is InChI=1S/C13H15N/c1-9-6-12-7-11(9)8-13(12)10-2-4-14-5-3-10/h2-6,11-13H,7-8H2,1H3. The fraction of sp³-hybridized carbons (Fsp3) is 0.462. The number of pyridine rings is 1. The zero-order valence-corrected chi connectivity index (χ0v) is 8.48.